The first-order valence-electron chi connectivity index (χ1n) is 10.5. The highest BCUT2D eigenvalue weighted by atomic mass is 16.5. The fourth-order valence-electron chi connectivity index (χ4n) is 4.64. The van der Waals surface area contributed by atoms with Gasteiger partial charge in [-0.1, -0.05) is 19.3 Å². The summed E-state index contributed by atoms with van der Waals surface area (Å²) in [4.78, 5) is 40.3. The second kappa shape index (κ2) is 8.50. The summed E-state index contributed by atoms with van der Waals surface area (Å²) < 4.78 is 6.76. The van der Waals surface area contributed by atoms with E-state index in [0.29, 0.717) is 23.4 Å². The molecule has 0 aromatic carbocycles. The van der Waals surface area contributed by atoms with E-state index in [2.05, 4.69) is 0 Å². The Morgan fingerprint density at radius 1 is 1.07 bits per heavy atom. The van der Waals surface area contributed by atoms with Gasteiger partial charge in [-0.3, -0.25) is 9.59 Å². The number of amides is 1. The highest BCUT2D eigenvalue weighted by Gasteiger charge is 2.38. The van der Waals surface area contributed by atoms with Crippen molar-refractivity contribution in [3.63, 3.8) is 0 Å². The maximum absolute atomic E-state index is 13.3. The largest absolute Gasteiger partial charge is 0.464 e. The Kier molecular flexibility index (Phi) is 6.26. The SMILES string of the molecule is CCn1c(C)c(C(=O)CN(C(=O)C2CC2)C2CCCCC2)c(C)c1C(=O)OC. The molecule has 1 amide bonds. The van der Waals surface area contributed by atoms with E-state index in [1.54, 1.807) is 6.92 Å². The molecule has 28 heavy (non-hydrogen) atoms. The molecule has 154 valence electrons. The van der Waals surface area contributed by atoms with E-state index in [1.807, 2.05) is 23.3 Å². The van der Waals surface area contributed by atoms with Gasteiger partial charge in [-0.2, -0.15) is 0 Å². The van der Waals surface area contributed by atoms with Gasteiger partial charge in [0.05, 0.1) is 13.7 Å². The van der Waals surface area contributed by atoms with Crippen LogP contribution in [0, 0.1) is 19.8 Å². The number of carbonyl (C=O) groups is 3. The molecule has 1 aromatic heterocycles. The van der Waals surface area contributed by atoms with Crippen LogP contribution in [0.25, 0.3) is 0 Å². The Labute approximate surface area is 167 Å². The van der Waals surface area contributed by atoms with E-state index in [9.17, 15) is 14.4 Å². The van der Waals surface area contributed by atoms with E-state index < -0.39 is 5.97 Å². The Morgan fingerprint density at radius 2 is 1.71 bits per heavy atom. The van der Waals surface area contributed by atoms with Gasteiger partial charge in [-0.15, -0.1) is 0 Å². The predicted octanol–water partition coefficient (Wildman–Crippen LogP) is 3.67. The number of esters is 1. The molecule has 0 radical (unpaired) electrons. The number of nitrogens with zero attached hydrogens (tertiary/aromatic N) is 2. The Morgan fingerprint density at radius 3 is 2.25 bits per heavy atom. The Bertz CT molecular complexity index is 770. The zero-order chi connectivity index (χ0) is 20.4. The van der Waals surface area contributed by atoms with Crippen molar-refractivity contribution in [3.05, 3.63) is 22.5 Å². The summed E-state index contributed by atoms with van der Waals surface area (Å²) >= 11 is 0. The summed E-state index contributed by atoms with van der Waals surface area (Å²) in [5.74, 6) is -0.270. The molecule has 1 aromatic rings. The number of aromatic nitrogens is 1. The van der Waals surface area contributed by atoms with Crippen molar-refractivity contribution in [1.29, 1.82) is 0 Å². The maximum Gasteiger partial charge on any atom is 0.354 e. The van der Waals surface area contributed by atoms with E-state index >= 15 is 0 Å². The number of Topliss-reactive ketones (excluding diaryl/α,β-unsaturated/α-hetero) is 1. The number of methoxy groups -OCH3 is 1. The quantitative estimate of drug-likeness (QED) is 0.528. The number of ether oxygens (including phenoxy) is 1. The molecule has 2 aliphatic rings. The summed E-state index contributed by atoms with van der Waals surface area (Å²) in [7, 11) is 1.35. The average molecular weight is 389 g/mol. The molecule has 6 heteroatoms. The van der Waals surface area contributed by atoms with Crippen LogP contribution in [0.15, 0.2) is 0 Å². The molecule has 0 saturated heterocycles. The summed E-state index contributed by atoms with van der Waals surface area (Å²) in [5.41, 5.74) is 2.42. The van der Waals surface area contributed by atoms with Crippen LogP contribution in [0.4, 0.5) is 0 Å². The van der Waals surface area contributed by atoms with Crippen molar-refractivity contribution < 1.29 is 19.1 Å². The third-order valence-electron chi connectivity index (χ3n) is 6.28. The zero-order valence-electron chi connectivity index (χ0n) is 17.5. The average Bonchev–Trinajstić information content (AvgIpc) is 3.51. The minimum Gasteiger partial charge on any atom is -0.464 e. The van der Waals surface area contributed by atoms with Gasteiger partial charge in [0, 0.05) is 29.8 Å². The standard InChI is InChI=1S/C22H32N2O4/c1-5-23-15(3)19(14(2)20(23)22(27)28-4)18(25)13-24(21(26)16-11-12-16)17-9-7-6-8-10-17/h16-17H,5-13H2,1-4H3. The topological polar surface area (TPSA) is 68.6 Å². The number of carbonyl (C=O) groups excluding carboxylic acids is 3. The molecule has 2 fully saturated rings. The molecule has 0 spiro atoms. The van der Waals surface area contributed by atoms with Crippen molar-refractivity contribution in [3.8, 4) is 0 Å². The highest BCUT2D eigenvalue weighted by Crippen LogP contribution is 2.34. The van der Waals surface area contributed by atoms with Crippen LogP contribution in [-0.4, -0.2) is 46.8 Å². The van der Waals surface area contributed by atoms with Crippen LogP contribution in [0.1, 0.15) is 84.0 Å². The monoisotopic (exact) mass is 388 g/mol. The molecule has 1 heterocycles. The van der Waals surface area contributed by atoms with Gasteiger partial charge >= 0.3 is 5.97 Å². The minimum absolute atomic E-state index is 0.0769. The van der Waals surface area contributed by atoms with Crippen molar-refractivity contribution in [2.75, 3.05) is 13.7 Å². The first kappa shape index (κ1) is 20.6. The smallest absolute Gasteiger partial charge is 0.354 e. The molecular formula is C22H32N2O4. The normalized spacial score (nSPS) is 17.4. The number of hydrogen-bond acceptors (Lipinski definition) is 4. The number of hydrogen-bond donors (Lipinski definition) is 0. The van der Waals surface area contributed by atoms with E-state index in [1.165, 1.54) is 13.5 Å². The fraction of sp³-hybridized carbons (Fsp3) is 0.682. The second-order valence-electron chi connectivity index (χ2n) is 8.13. The van der Waals surface area contributed by atoms with Crippen molar-refractivity contribution in [2.45, 2.75) is 78.3 Å². The van der Waals surface area contributed by atoms with Crippen LogP contribution in [0.3, 0.4) is 0 Å². The lowest BCUT2D eigenvalue weighted by atomic mass is 9.93. The highest BCUT2D eigenvalue weighted by molar-refractivity contribution is 6.05. The number of ketones is 1. The maximum atomic E-state index is 13.3. The Balaban J connectivity index is 1.90. The molecular weight excluding hydrogens is 356 g/mol. The predicted molar refractivity (Wildman–Crippen MR) is 107 cm³/mol. The molecule has 3 rings (SSSR count). The molecule has 2 saturated carbocycles. The van der Waals surface area contributed by atoms with Crippen LogP contribution < -0.4 is 0 Å². The summed E-state index contributed by atoms with van der Waals surface area (Å²) in [5, 5.41) is 0. The van der Waals surface area contributed by atoms with Gasteiger partial charge in [-0.25, -0.2) is 4.79 Å². The van der Waals surface area contributed by atoms with Crippen LogP contribution >= 0.6 is 0 Å². The molecule has 0 aliphatic heterocycles. The summed E-state index contributed by atoms with van der Waals surface area (Å²) in [6.45, 7) is 6.29. The number of rotatable bonds is 7. The molecule has 0 N–H and O–H groups in total. The van der Waals surface area contributed by atoms with E-state index in [-0.39, 0.29) is 30.2 Å². The second-order valence-corrected chi connectivity index (χ2v) is 8.13. The van der Waals surface area contributed by atoms with Gasteiger partial charge in [0.1, 0.15) is 5.69 Å². The minimum atomic E-state index is -0.431. The van der Waals surface area contributed by atoms with Crippen molar-refractivity contribution in [1.82, 2.24) is 9.47 Å². The van der Waals surface area contributed by atoms with Gasteiger partial charge in [0.15, 0.2) is 5.78 Å². The molecule has 0 atom stereocenters. The molecule has 2 aliphatic carbocycles. The first-order valence-corrected chi connectivity index (χ1v) is 10.5. The Hall–Kier alpha value is -2.11. The summed E-state index contributed by atoms with van der Waals surface area (Å²) in [6, 6.07) is 0.166. The van der Waals surface area contributed by atoms with Crippen molar-refractivity contribution in [2.24, 2.45) is 5.92 Å². The molecule has 0 unspecified atom stereocenters. The van der Waals surface area contributed by atoms with Crippen LogP contribution in [0.5, 0.6) is 0 Å². The lowest BCUT2D eigenvalue weighted by molar-refractivity contribution is -0.135. The third kappa shape index (κ3) is 3.87. The van der Waals surface area contributed by atoms with Gasteiger partial charge < -0.3 is 14.2 Å². The van der Waals surface area contributed by atoms with Crippen molar-refractivity contribution >= 4 is 17.7 Å². The molecule has 6 nitrogen and oxygen atoms in total. The van der Waals surface area contributed by atoms with Gasteiger partial charge in [0.2, 0.25) is 5.91 Å². The fourth-order valence-corrected chi connectivity index (χ4v) is 4.64. The third-order valence-corrected chi connectivity index (χ3v) is 6.28. The van der Waals surface area contributed by atoms with E-state index in [4.69, 9.17) is 4.74 Å². The molecule has 0 bridgehead atoms. The lowest BCUT2D eigenvalue weighted by Gasteiger charge is -2.34. The summed E-state index contributed by atoms with van der Waals surface area (Å²) in [6.07, 6.45) is 7.27. The zero-order valence-corrected chi connectivity index (χ0v) is 17.5. The van der Waals surface area contributed by atoms with Crippen LogP contribution in [-0.2, 0) is 16.1 Å². The lowest BCUT2D eigenvalue weighted by Crippen LogP contribution is -2.45. The van der Waals surface area contributed by atoms with Gasteiger partial charge in [0.25, 0.3) is 0 Å². The van der Waals surface area contributed by atoms with Crippen LogP contribution in [0.2, 0.25) is 0 Å². The van der Waals surface area contributed by atoms with E-state index in [0.717, 1.165) is 44.2 Å². The first-order chi connectivity index (χ1) is 13.4. The van der Waals surface area contributed by atoms with Gasteiger partial charge in [-0.05, 0) is 52.0 Å².